The number of carbonyl (C=O) groups excluding carboxylic acids is 2. The van der Waals surface area contributed by atoms with Crippen molar-refractivity contribution in [3.8, 4) is 0 Å². The summed E-state index contributed by atoms with van der Waals surface area (Å²) in [6.45, 7) is 0. The highest BCUT2D eigenvalue weighted by molar-refractivity contribution is 6.13. The lowest BCUT2D eigenvalue weighted by atomic mass is 9.91. The van der Waals surface area contributed by atoms with E-state index in [1.807, 2.05) is 0 Å². The van der Waals surface area contributed by atoms with Crippen LogP contribution in [0, 0.1) is 5.92 Å². The van der Waals surface area contributed by atoms with E-state index in [1.54, 1.807) is 18.2 Å². The van der Waals surface area contributed by atoms with E-state index < -0.39 is 23.7 Å². The molecule has 0 heterocycles. The second-order valence-electron chi connectivity index (χ2n) is 4.33. The molecule has 1 aliphatic carbocycles. The van der Waals surface area contributed by atoms with E-state index in [0.717, 1.165) is 5.56 Å². The molecule has 0 fully saturated rings. The van der Waals surface area contributed by atoms with Crippen LogP contribution in [0.25, 0.3) is 0 Å². The first-order chi connectivity index (χ1) is 8.41. The van der Waals surface area contributed by atoms with Gasteiger partial charge >= 0.3 is 6.18 Å². The summed E-state index contributed by atoms with van der Waals surface area (Å²) in [4.78, 5) is 23.3. The monoisotopic (exact) mass is 256 g/mol. The van der Waals surface area contributed by atoms with Gasteiger partial charge in [-0.15, -0.1) is 0 Å². The Hall–Kier alpha value is -1.65. The quantitative estimate of drug-likeness (QED) is 0.572. The molecule has 1 unspecified atom stereocenters. The van der Waals surface area contributed by atoms with Gasteiger partial charge in [-0.05, 0) is 24.8 Å². The summed E-state index contributed by atoms with van der Waals surface area (Å²) in [5.74, 6) is -4.21. The molecule has 0 saturated heterocycles. The predicted octanol–water partition coefficient (Wildman–Crippen LogP) is 2.95. The lowest BCUT2D eigenvalue weighted by molar-refractivity contribution is -0.174. The second-order valence-corrected chi connectivity index (χ2v) is 4.33. The van der Waals surface area contributed by atoms with E-state index >= 15 is 0 Å². The topological polar surface area (TPSA) is 34.1 Å². The van der Waals surface area contributed by atoms with Crippen LogP contribution in [-0.4, -0.2) is 17.7 Å². The maximum atomic E-state index is 12.4. The van der Waals surface area contributed by atoms with Gasteiger partial charge in [0.15, 0.2) is 5.78 Å². The van der Waals surface area contributed by atoms with Crippen LogP contribution in [0.15, 0.2) is 24.3 Å². The zero-order chi connectivity index (χ0) is 13.3. The summed E-state index contributed by atoms with van der Waals surface area (Å²) < 4.78 is 37.2. The highest BCUT2D eigenvalue weighted by Gasteiger charge is 2.46. The molecule has 0 aliphatic heterocycles. The summed E-state index contributed by atoms with van der Waals surface area (Å²) in [5.41, 5.74) is 0.970. The number of halogens is 3. The van der Waals surface area contributed by atoms with Crippen molar-refractivity contribution >= 4 is 11.6 Å². The van der Waals surface area contributed by atoms with E-state index in [9.17, 15) is 22.8 Å². The summed E-state index contributed by atoms with van der Waals surface area (Å²) in [6.07, 6.45) is -4.04. The number of benzene rings is 1. The Balaban J connectivity index is 2.37. The molecule has 0 saturated carbocycles. The van der Waals surface area contributed by atoms with Gasteiger partial charge in [0.25, 0.3) is 0 Å². The molecule has 1 aromatic rings. The number of carbonyl (C=O) groups is 2. The van der Waals surface area contributed by atoms with Gasteiger partial charge < -0.3 is 0 Å². The molecule has 2 nitrogen and oxygen atoms in total. The van der Waals surface area contributed by atoms with Crippen molar-refractivity contribution in [2.24, 2.45) is 5.92 Å². The number of fused-ring (bicyclic) bond motifs is 1. The van der Waals surface area contributed by atoms with Gasteiger partial charge in [-0.2, -0.15) is 13.2 Å². The largest absolute Gasteiger partial charge is 0.450 e. The summed E-state index contributed by atoms with van der Waals surface area (Å²) in [6, 6.07) is 6.53. The van der Waals surface area contributed by atoms with Crippen LogP contribution >= 0.6 is 0 Å². The first kappa shape index (κ1) is 12.8. The standard InChI is InChI=1S/C13H11F3O2/c14-13(15,16)12(18)10-7-3-5-8-4-1-2-6-9(8)11(10)17/h1-2,4,6,10H,3,5,7H2. The third kappa shape index (κ3) is 2.30. The Morgan fingerprint density at radius 3 is 2.56 bits per heavy atom. The molecule has 0 amide bonds. The maximum Gasteiger partial charge on any atom is 0.450 e. The van der Waals surface area contributed by atoms with E-state index in [1.165, 1.54) is 6.07 Å². The molecule has 1 aromatic carbocycles. The van der Waals surface area contributed by atoms with Crippen LogP contribution in [-0.2, 0) is 11.2 Å². The smallest absolute Gasteiger partial charge is 0.293 e. The number of ketones is 2. The van der Waals surface area contributed by atoms with E-state index in [2.05, 4.69) is 0 Å². The van der Waals surface area contributed by atoms with Crippen molar-refractivity contribution in [1.82, 2.24) is 0 Å². The molecule has 0 N–H and O–H groups in total. The average Bonchev–Trinajstić information content (AvgIpc) is 2.47. The third-order valence-corrected chi connectivity index (χ3v) is 3.13. The van der Waals surface area contributed by atoms with Crippen LogP contribution in [0.5, 0.6) is 0 Å². The van der Waals surface area contributed by atoms with Gasteiger partial charge in [0, 0.05) is 5.56 Å². The third-order valence-electron chi connectivity index (χ3n) is 3.13. The summed E-state index contributed by atoms with van der Waals surface area (Å²) in [7, 11) is 0. The van der Waals surface area contributed by atoms with Gasteiger partial charge in [0.1, 0.15) is 0 Å². The average molecular weight is 256 g/mol. The number of hydrogen-bond acceptors (Lipinski definition) is 2. The first-order valence-electron chi connectivity index (χ1n) is 5.64. The van der Waals surface area contributed by atoms with Gasteiger partial charge in [-0.3, -0.25) is 9.59 Å². The highest BCUT2D eigenvalue weighted by Crippen LogP contribution is 2.30. The van der Waals surface area contributed by atoms with Crippen LogP contribution in [0.1, 0.15) is 28.8 Å². The van der Waals surface area contributed by atoms with Crippen molar-refractivity contribution < 1.29 is 22.8 Å². The Bertz CT molecular complexity index is 491. The van der Waals surface area contributed by atoms with Crippen LogP contribution in [0.3, 0.4) is 0 Å². The van der Waals surface area contributed by atoms with E-state index in [4.69, 9.17) is 0 Å². The molecule has 0 aromatic heterocycles. The molecular formula is C13H11F3O2. The van der Waals surface area contributed by atoms with Crippen LogP contribution < -0.4 is 0 Å². The molecule has 1 aliphatic rings. The summed E-state index contributed by atoms with van der Waals surface area (Å²) in [5, 5.41) is 0. The fraction of sp³-hybridized carbons (Fsp3) is 0.385. The minimum Gasteiger partial charge on any atom is -0.293 e. The Morgan fingerprint density at radius 2 is 1.89 bits per heavy atom. The molecule has 2 rings (SSSR count). The normalized spacial score (nSPS) is 20.2. The highest BCUT2D eigenvalue weighted by atomic mass is 19.4. The Morgan fingerprint density at radius 1 is 1.22 bits per heavy atom. The lowest BCUT2D eigenvalue weighted by Gasteiger charge is -2.14. The fourth-order valence-electron chi connectivity index (χ4n) is 2.24. The molecule has 5 heteroatoms. The fourth-order valence-corrected chi connectivity index (χ4v) is 2.24. The number of rotatable bonds is 1. The molecule has 0 bridgehead atoms. The van der Waals surface area contributed by atoms with Gasteiger partial charge in [0.2, 0.25) is 5.78 Å². The maximum absolute atomic E-state index is 12.4. The van der Waals surface area contributed by atoms with Crippen LogP contribution in [0.4, 0.5) is 13.2 Å². The van der Waals surface area contributed by atoms with Crippen molar-refractivity contribution in [2.75, 3.05) is 0 Å². The molecule has 96 valence electrons. The minimum absolute atomic E-state index is 0.0359. The number of alkyl halides is 3. The van der Waals surface area contributed by atoms with Crippen molar-refractivity contribution in [1.29, 1.82) is 0 Å². The second kappa shape index (κ2) is 4.55. The first-order valence-corrected chi connectivity index (χ1v) is 5.64. The SMILES string of the molecule is O=C1c2ccccc2CCCC1C(=O)C(F)(F)F. The zero-order valence-corrected chi connectivity index (χ0v) is 9.46. The van der Waals surface area contributed by atoms with E-state index in [-0.39, 0.29) is 12.0 Å². The van der Waals surface area contributed by atoms with Crippen LogP contribution in [0.2, 0.25) is 0 Å². The van der Waals surface area contributed by atoms with Gasteiger partial charge in [0.05, 0.1) is 5.92 Å². The van der Waals surface area contributed by atoms with E-state index in [0.29, 0.717) is 12.8 Å². The lowest BCUT2D eigenvalue weighted by Crippen LogP contribution is -2.35. The summed E-state index contributed by atoms with van der Waals surface area (Å²) >= 11 is 0. The predicted molar refractivity (Wildman–Crippen MR) is 58.3 cm³/mol. The molecular weight excluding hydrogens is 245 g/mol. The molecule has 0 spiro atoms. The van der Waals surface area contributed by atoms with Crippen molar-refractivity contribution in [3.63, 3.8) is 0 Å². The molecule has 18 heavy (non-hydrogen) atoms. The molecule has 1 atom stereocenters. The minimum atomic E-state index is -4.94. The number of Topliss-reactive ketones (excluding diaryl/α,β-unsaturated/α-hetero) is 2. The Labute approximate surface area is 102 Å². The Kier molecular flexibility index (Phi) is 3.24. The van der Waals surface area contributed by atoms with Gasteiger partial charge in [-0.25, -0.2) is 0 Å². The molecule has 0 radical (unpaired) electrons. The number of hydrogen-bond donors (Lipinski definition) is 0. The zero-order valence-electron chi connectivity index (χ0n) is 9.46. The number of aryl methyl sites for hydroxylation is 1. The van der Waals surface area contributed by atoms with Gasteiger partial charge in [-0.1, -0.05) is 24.3 Å². The van der Waals surface area contributed by atoms with Crippen molar-refractivity contribution in [2.45, 2.75) is 25.4 Å². The van der Waals surface area contributed by atoms with Crippen molar-refractivity contribution in [3.05, 3.63) is 35.4 Å².